The maximum Gasteiger partial charge on any atom is 0.0768 e. The lowest BCUT2D eigenvalue weighted by Gasteiger charge is -2.30. The van der Waals surface area contributed by atoms with E-state index in [4.69, 9.17) is 0 Å². The second kappa shape index (κ2) is 6.15. The standard InChI is InChI=1S/C12H20BrNOS/c1-4-12(15,5-2)9-14(3)7-11-6-10(13)8-16-11/h6,8,15H,4-5,7,9H2,1-3H3. The molecule has 16 heavy (non-hydrogen) atoms. The molecule has 0 aromatic carbocycles. The molecule has 0 spiro atoms. The number of likely N-dealkylation sites (N-methyl/N-ethyl adjacent to an activating group) is 1. The average Bonchev–Trinajstić information content (AvgIpc) is 2.63. The van der Waals surface area contributed by atoms with Crippen molar-refractivity contribution in [1.29, 1.82) is 0 Å². The van der Waals surface area contributed by atoms with Crippen LogP contribution in [0.4, 0.5) is 0 Å². The van der Waals surface area contributed by atoms with Crippen LogP contribution in [-0.2, 0) is 6.54 Å². The van der Waals surface area contributed by atoms with E-state index in [9.17, 15) is 5.11 Å². The van der Waals surface area contributed by atoms with Gasteiger partial charge in [-0.15, -0.1) is 11.3 Å². The predicted octanol–water partition coefficient (Wildman–Crippen LogP) is 3.49. The van der Waals surface area contributed by atoms with Gasteiger partial charge in [0.05, 0.1) is 5.60 Å². The molecule has 1 heterocycles. The summed E-state index contributed by atoms with van der Waals surface area (Å²) in [6, 6.07) is 2.14. The second-order valence-electron chi connectivity index (χ2n) is 4.33. The lowest BCUT2D eigenvalue weighted by atomic mass is 9.97. The Labute approximate surface area is 110 Å². The summed E-state index contributed by atoms with van der Waals surface area (Å²) in [5.41, 5.74) is -0.538. The van der Waals surface area contributed by atoms with Crippen LogP contribution in [0.2, 0.25) is 0 Å². The summed E-state index contributed by atoms with van der Waals surface area (Å²) in [6.07, 6.45) is 1.62. The molecular weight excluding hydrogens is 286 g/mol. The Morgan fingerprint density at radius 2 is 2.06 bits per heavy atom. The highest BCUT2D eigenvalue weighted by Crippen LogP contribution is 2.22. The van der Waals surface area contributed by atoms with E-state index in [1.807, 2.05) is 13.8 Å². The highest BCUT2D eigenvalue weighted by molar-refractivity contribution is 9.10. The zero-order valence-electron chi connectivity index (χ0n) is 10.2. The van der Waals surface area contributed by atoms with Crippen molar-refractivity contribution in [2.75, 3.05) is 13.6 Å². The van der Waals surface area contributed by atoms with Gasteiger partial charge in [-0.25, -0.2) is 0 Å². The quantitative estimate of drug-likeness (QED) is 0.869. The van der Waals surface area contributed by atoms with Gasteiger partial charge in [0.25, 0.3) is 0 Å². The molecule has 1 N–H and O–H groups in total. The molecule has 0 aliphatic rings. The largest absolute Gasteiger partial charge is 0.389 e. The van der Waals surface area contributed by atoms with Crippen LogP contribution >= 0.6 is 27.3 Å². The number of nitrogens with zero attached hydrogens (tertiary/aromatic N) is 1. The Morgan fingerprint density at radius 1 is 1.44 bits per heavy atom. The zero-order chi connectivity index (χ0) is 12.2. The topological polar surface area (TPSA) is 23.5 Å². The Kier molecular flexibility index (Phi) is 5.44. The van der Waals surface area contributed by atoms with Gasteiger partial charge in [-0.2, -0.15) is 0 Å². The van der Waals surface area contributed by atoms with E-state index >= 15 is 0 Å². The monoisotopic (exact) mass is 305 g/mol. The van der Waals surface area contributed by atoms with Gasteiger partial charge in [0, 0.05) is 27.8 Å². The van der Waals surface area contributed by atoms with Gasteiger partial charge in [0.2, 0.25) is 0 Å². The summed E-state index contributed by atoms with van der Waals surface area (Å²) in [7, 11) is 2.06. The second-order valence-corrected chi connectivity index (χ2v) is 6.25. The highest BCUT2D eigenvalue weighted by Gasteiger charge is 2.24. The minimum atomic E-state index is -0.538. The number of rotatable bonds is 6. The van der Waals surface area contributed by atoms with Crippen molar-refractivity contribution in [2.45, 2.75) is 38.8 Å². The van der Waals surface area contributed by atoms with Crippen LogP contribution in [0.5, 0.6) is 0 Å². The van der Waals surface area contributed by atoms with Crippen molar-refractivity contribution in [3.05, 3.63) is 20.8 Å². The zero-order valence-corrected chi connectivity index (χ0v) is 12.6. The summed E-state index contributed by atoms with van der Waals surface area (Å²) in [5.74, 6) is 0. The van der Waals surface area contributed by atoms with Gasteiger partial charge in [-0.3, -0.25) is 4.90 Å². The van der Waals surface area contributed by atoms with Crippen LogP contribution in [0.25, 0.3) is 0 Å². The molecule has 0 saturated carbocycles. The smallest absolute Gasteiger partial charge is 0.0768 e. The molecule has 92 valence electrons. The SMILES string of the molecule is CCC(O)(CC)CN(C)Cc1cc(Br)cs1. The maximum atomic E-state index is 10.2. The first-order valence-corrected chi connectivity index (χ1v) is 7.30. The fourth-order valence-corrected chi connectivity index (χ4v) is 3.26. The highest BCUT2D eigenvalue weighted by atomic mass is 79.9. The van der Waals surface area contributed by atoms with Crippen molar-refractivity contribution in [3.8, 4) is 0 Å². The van der Waals surface area contributed by atoms with Gasteiger partial charge in [0.15, 0.2) is 0 Å². The molecule has 4 heteroatoms. The Hall–Kier alpha value is 0.1000. The van der Waals surface area contributed by atoms with E-state index in [0.29, 0.717) is 0 Å². The summed E-state index contributed by atoms with van der Waals surface area (Å²) >= 11 is 5.20. The lowest BCUT2D eigenvalue weighted by Crippen LogP contribution is -2.40. The molecule has 0 amide bonds. The summed E-state index contributed by atoms with van der Waals surface area (Å²) < 4.78 is 1.14. The third kappa shape index (κ3) is 4.17. The van der Waals surface area contributed by atoms with E-state index in [2.05, 4.69) is 39.3 Å². The summed E-state index contributed by atoms with van der Waals surface area (Å²) in [4.78, 5) is 3.51. The number of halogens is 1. The fraction of sp³-hybridized carbons (Fsp3) is 0.667. The first-order chi connectivity index (χ1) is 7.49. The minimum absolute atomic E-state index is 0.538. The van der Waals surface area contributed by atoms with Gasteiger partial charge in [-0.1, -0.05) is 13.8 Å². The Balaban J connectivity index is 2.50. The van der Waals surface area contributed by atoms with E-state index in [1.165, 1.54) is 4.88 Å². The van der Waals surface area contributed by atoms with E-state index in [0.717, 1.165) is 30.4 Å². The molecule has 0 fully saturated rings. The van der Waals surface area contributed by atoms with Crippen LogP contribution in [0.1, 0.15) is 31.6 Å². The van der Waals surface area contributed by atoms with E-state index < -0.39 is 5.60 Å². The molecule has 0 radical (unpaired) electrons. The van der Waals surface area contributed by atoms with Crippen molar-refractivity contribution >= 4 is 27.3 Å². The number of hydrogen-bond donors (Lipinski definition) is 1. The van der Waals surface area contributed by atoms with Crippen LogP contribution in [-0.4, -0.2) is 29.2 Å². The first kappa shape index (κ1) is 14.2. The van der Waals surface area contributed by atoms with Crippen molar-refractivity contribution in [2.24, 2.45) is 0 Å². The molecular formula is C12H20BrNOS. The molecule has 1 aromatic heterocycles. The van der Waals surface area contributed by atoms with Crippen molar-refractivity contribution in [3.63, 3.8) is 0 Å². The number of hydrogen-bond acceptors (Lipinski definition) is 3. The summed E-state index contributed by atoms with van der Waals surface area (Å²) in [6.45, 7) is 5.71. The maximum absolute atomic E-state index is 10.2. The molecule has 0 atom stereocenters. The molecule has 0 unspecified atom stereocenters. The van der Waals surface area contributed by atoms with Crippen LogP contribution in [0.15, 0.2) is 15.9 Å². The molecule has 0 saturated heterocycles. The molecule has 0 aliphatic heterocycles. The van der Waals surface area contributed by atoms with Crippen molar-refractivity contribution < 1.29 is 5.11 Å². The van der Waals surface area contributed by atoms with E-state index in [-0.39, 0.29) is 0 Å². The Bertz CT molecular complexity index is 323. The number of thiophene rings is 1. The minimum Gasteiger partial charge on any atom is -0.389 e. The first-order valence-electron chi connectivity index (χ1n) is 5.63. The predicted molar refractivity (Wildman–Crippen MR) is 73.9 cm³/mol. The third-order valence-corrected chi connectivity index (χ3v) is 4.61. The van der Waals surface area contributed by atoms with E-state index in [1.54, 1.807) is 11.3 Å². The van der Waals surface area contributed by atoms with Crippen molar-refractivity contribution in [1.82, 2.24) is 4.90 Å². The molecule has 1 rings (SSSR count). The van der Waals surface area contributed by atoms with Crippen LogP contribution in [0.3, 0.4) is 0 Å². The lowest BCUT2D eigenvalue weighted by molar-refractivity contribution is 0.00151. The van der Waals surface area contributed by atoms with Gasteiger partial charge >= 0.3 is 0 Å². The van der Waals surface area contributed by atoms with Crippen LogP contribution < -0.4 is 0 Å². The van der Waals surface area contributed by atoms with Gasteiger partial charge in [0.1, 0.15) is 0 Å². The summed E-state index contributed by atoms with van der Waals surface area (Å²) in [5, 5.41) is 12.3. The fourth-order valence-electron chi connectivity index (χ4n) is 1.73. The third-order valence-electron chi connectivity index (χ3n) is 2.93. The van der Waals surface area contributed by atoms with Crippen LogP contribution in [0, 0.1) is 0 Å². The van der Waals surface area contributed by atoms with Gasteiger partial charge < -0.3 is 5.11 Å². The molecule has 0 aliphatic carbocycles. The normalized spacial score (nSPS) is 12.4. The molecule has 0 bridgehead atoms. The molecule has 2 nitrogen and oxygen atoms in total. The Morgan fingerprint density at radius 3 is 2.50 bits per heavy atom. The molecule has 1 aromatic rings. The number of aliphatic hydroxyl groups is 1. The average molecular weight is 306 g/mol. The van der Waals surface area contributed by atoms with Gasteiger partial charge in [-0.05, 0) is 41.9 Å².